The first-order valence-corrected chi connectivity index (χ1v) is 6.11. The van der Waals surface area contributed by atoms with Crippen molar-refractivity contribution in [2.45, 2.75) is 0 Å². The van der Waals surface area contributed by atoms with E-state index in [4.69, 9.17) is 0 Å². The van der Waals surface area contributed by atoms with Crippen LogP contribution in [-0.4, -0.2) is 22.0 Å². The Hall–Kier alpha value is -2.62. The number of anilines is 1. The van der Waals surface area contributed by atoms with Gasteiger partial charge in [0.2, 0.25) is 0 Å². The molecule has 4 nitrogen and oxygen atoms in total. The van der Waals surface area contributed by atoms with Crippen molar-refractivity contribution in [3.8, 4) is 22.6 Å². The number of aromatic nitrogens is 3. The number of rotatable bonds is 3. The predicted octanol–water partition coefficient (Wildman–Crippen LogP) is 3.18. The second kappa shape index (κ2) is 4.94. The van der Waals surface area contributed by atoms with E-state index in [1.54, 1.807) is 6.20 Å². The number of hydrogen-bond donors (Lipinski definition) is 2. The Morgan fingerprint density at radius 3 is 2.84 bits per heavy atom. The number of nitrogens with zero attached hydrogens (tertiary/aromatic N) is 2. The third-order valence-corrected chi connectivity index (χ3v) is 2.96. The van der Waals surface area contributed by atoms with Gasteiger partial charge in [-0.05, 0) is 24.3 Å². The van der Waals surface area contributed by atoms with Gasteiger partial charge in [0, 0.05) is 42.5 Å². The SMILES string of the molecule is CNc1cccc(-c2nccc(-c3cc[nH]c3)n2)c1. The molecule has 0 amide bonds. The molecule has 2 heterocycles. The maximum atomic E-state index is 4.60. The maximum absolute atomic E-state index is 4.60. The van der Waals surface area contributed by atoms with Crippen molar-refractivity contribution in [2.75, 3.05) is 12.4 Å². The van der Waals surface area contributed by atoms with Gasteiger partial charge in [0.1, 0.15) is 0 Å². The lowest BCUT2D eigenvalue weighted by Crippen LogP contribution is -1.93. The largest absolute Gasteiger partial charge is 0.388 e. The minimum absolute atomic E-state index is 0.732. The molecule has 0 fully saturated rings. The van der Waals surface area contributed by atoms with E-state index in [0.29, 0.717) is 0 Å². The van der Waals surface area contributed by atoms with Crippen LogP contribution in [0.4, 0.5) is 5.69 Å². The number of hydrogen-bond acceptors (Lipinski definition) is 3. The smallest absolute Gasteiger partial charge is 0.159 e. The standard InChI is InChI=1S/C15H14N4/c1-16-13-4-2-3-11(9-13)15-18-8-6-14(19-15)12-5-7-17-10-12/h2-10,16-17H,1H3. The van der Waals surface area contributed by atoms with Gasteiger partial charge in [-0.1, -0.05) is 12.1 Å². The van der Waals surface area contributed by atoms with Crippen LogP contribution in [-0.2, 0) is 0 Å². The lowest BCUT2D eigenvalue weighted by Gasteiger charge is -2.05. The first-order chi connectivity index (χ1) is 9.36. The Bertz CT molecular complexity index is 674. The molecule has 1 aromatic carbocycles. The number of nitrogens with one attached hydrogen (secondary N) is 2. The van der Waals surface area contributed by atoms with E-state index in [2.05, 4.69) is 20.3 Å². The Morgan fingerprint density at radius 2 is 2.05 bits per heavy atom. The van der Waals surface area contributed by atoms with Gasteiger partial charge >= 0.3 is 0 Å². The summed E-state index contributed by atoms with van der Waals surface area (Å²) >= 11 is 0. The first-order valence-electron chi connectivity index (χ1n) is 6.11. The maximum Gasteiger partial charge on any atom is 0.159 e. The first kappa shape index (κ1) is 11.5. The molecule has 0 unspecified atom stereocenters. The monoisotopic (exact) mass is 250 g/mol. The fraction of sp³-hybridized carbons (Fsp3) is 0.0667. The fourth-order valence-corrected chi connectivity index (χ4v) is 1.96. The van der Waals surface area contributed by atoms with Gasteiger partial charge < -0.3 is 10.3 Å². The zero-order valence-electron chi connectivity index (χ0n) is 10.6. The minimum atomic E-state index is 0.732. The zero-order chi connectivity index (χ0) is 13.1. The predicted molar refractivity (Wildman–Crippen MR) is 76.8 cm³/mol. The summed E-state index contributed by atoms with van der Waals surface area (Å²) in [6.45, 7) is 0. The van der Waals surface area contributed by atoms with E-state index in [9.17, 15) is 0 Å². The molecule has 2 aromatic heterocycles. The van der Waals surface area contributed by atoms with Crippen LogP contribution in [0, 0.1) is 0 Å². The van der Waals surface area contributed by atoms with E-state index >= 15 is 0 Å². The van der Waals surface area contributed by atoms with Crippen molar-refractivity contribution < 1.29 is 0 Å². The third kappa shape index (κ3) is 2.33. The van der Waals surface area contributed by atoms with Gasteiger partial charge in [0.15, 0.2) is 5.82 Å². The van der Waals surface area contributed by atoms with Crippen molar-refractivity contribution >= 4 is 5.69 Å². The Balaban J connectivity index is 2.03. The van der Waals surface area contributed by atoms with Gasteiger partial charge in [-0.3, -0.25) is 0 Å². The van der Waals surface area contributed by atoms with Gasteiger partial charge in [0.05, 0.1) is 5.69 Å². The zero-order valence-corrected chi connectivity index (χ0v) is 10.6. The van der Waals surface area contributed by atoms with Crippen LogP contribution in [0.15, 0.2) is 55.0 Å². The van der Waals surface area contributed by atoms with Crippen LogP contribution in [0.1, 0.15) is 0 Å². The molecule has 0 saturated carbocycles. The molecule has 0 bridgehead atoms. The summed E-state index contributed by atoms with van der Waals surface area (Å²) in [5.41, 5.74) is 4.03. The highest BCUT2D eigenvalue weighted by molar-refractivity contribution is 5.65. The molecule has 0 aliphatic heterocycles. The third-order valence-electron chi connectivity index (χ3n) is 2.96. The summed E-state index contributed by atoms with van der Waals surface area (Å²) in [5.74, 6) is 0.732. The van der Waals surface area contributed by atoms with Crippen LogP contribution < -0.4 is 5.32 Å². The van der Waals surface area contributed by atoms with Crippen molar-refractivity contribution in [2.24, 2.45) is 0 Å². The van der Waals surface area contributed by atoms with Gasteiger partial charge in [-0.2, -0.15) is 0 Å². The van der Waals surface area contributed by atoms with Crippen LogP contribution in [0.3, 0.4) is 0 Å². The number of H-pyrrole nitrogens is 1. The highest BCUT2D eigenvalue weighted by atomic mass is 14.9. The molecule has 0 radical (unpaired) electrons. The lowest BCUT2D eigenvalue weighted by molar-refractivity contribution is 1.18. The van der Waals surface area contributed by atoms with Crippen molar-refractivity contribution in [3.05, 3.63) is 55.0 Å². The number of aromatic amines is 1. The average molecular weight is 250 g/mol. The van der Waals surface area contributed by atoms with Crippen LogP contribution in [0.5, 0.6) is 0 Å². The summed E-state index contributed by atoms with van der Waals surface area (Å²) in [4.78, 5) is 12.0. The molecule has 2 N–H and O–H groups in total. The van der Waals surface area contributed by atoms with E-state index < -0.39 is 0 Å². The molecule has 3 rings (SSSR count). The molecular weight excluding hydrogens is 236 g/mol. The Labute approximate surface area is 111 Å². The summed E-state index contributed by atoms with van der Waals surface area (Å²) < 4.78 is 0. The fourth-order valence-electron chi connectivity index (χ4n) is 1.96. The summed E-state index contributed by atoms with van der Waals surface area (Å²) in [5, 5.41) is 3.12. The van der Waals surface area contributed by atoms with Crippen molar-refractivity contribution in [1.29, 1.82) is 0 Å². The minimum Gasteiger partial charge on any atom is -0.388 e. The van der Waals surface area contributed by atoms with Crippen LogP contribution in [0.25, 0.3) is 22.6 Å². The molecule has 4 heteroatoms. The molecule has 19 heavy (non-hydrogen) atoms. The summed E-state index contributed by atoms with van der Waals surface area (Å²) in [6.07, 6.45) is 5.60. The molecule has 0 atom stereocenters. The van der Waals surface area contributed by atoms with E-state index in [1.165, 1.54) is 0 Å². The Kier molecular flexibility index (Phi) is 2.98. The van der Waals surface area contributed by atoms with Crippen LogP contribution in [0.2, 0.25) is 0 Å². The highest BCUT2D eigenvalue weighted by Gasteiger charge is 2.05. The molecule has 94 valence electrons. The summed E-state index contributed by atoms with van der Waals surface area (Å²) in [6, 6.07) is 12.0. The average Bonchev–Trinajstić information content (AvgIpc) is 3.02. The highest BCUT2D eigenvalue weighted by Crippen LogP contribution is 2.22. The van der Waals surface area contributed by atoms with E-state index in [0.717, 1.165) is 28.3 Å². The van der Waals surface area contributed by atoms with Gasteiger partial charge in [-0.15, -0.1) is 0 Å². The van der Waals surface area contributed by atoms with Crippen molar-refractivity contribution in [3.63, 3.8) is 0 Å². The quantitative estimate of drug-likeness (QED) is 0.750. The van der Waals surface area contributed by atoms with E-state index in [1.807, 2.05) is 55.8 Å². The second-order valence-corrected chi connectivity index (χ2v) is 4.20. The molecule has 3 aromatic rings. The topological polar surface area (TPSA) is 53.6 Å². The molecule has 0 saturated heterocycles. The molecule has 0 aliphatic carbocycles. The second-order valence-electron chi connectivity index (χ2n) is 4.20. The summed E-state index contributed by atoms with van der Waals surface area (Å²) in [7, 11) is 1.90. The van der Waals surface area contributed by atoms with Gasteiger partial charge in [-0.25, -0.2) is 9.97 Å². The van der Waals surface area contributed by atoms with Gasteiger partial charge in [0.25, 0.3) is 0 Å². The molecule has 0 spiro atoms. The van der Waals surface area contributed by atoms with Crippen LogP contribution >= 0.6 is 0 Å². The van der Waals surface area contributed by atoms with E-state index in [-0.39, 0.29) is 0 Å². The number of benzene rings is 1. The molecular formula is C15H14N4. The normalized spacial score (nSPS) is 10.4. The Morgan fingerprint density at radius 1 is 1.11 bits per heavy atom. The van der Waals surface area contributed by atoms with Crippen molar-refractivity contribution in [1.82, 2.24) is 15.0 Å². The molecule has 0 aliphatic rings. The lowest BCUT2D eigenvalue weighted by atomic mass is 10.1.